The van der Waals surface area contributed by atoms with E-state index in [9.17, 15) is 0 Å². The molecule has 22 heavy (non-hydrogen) atoms. The zero-order valence-corrected chi connectivity index (χ0v) is 12.5. The Kier molecular flexibility index (Phi) is 4.51. The lowest BCUT2D eigenvalue weighted by atomic mass is 10.0. The molecule has 1 unspecified atom stereocenters. The van der Waals surface area contributed by atoms with Gasteiger partial charge in [0.15, 0.2) is 0 Å². The van der Waals surface area contributed by atoms with Gasteiger partial charge in [0.2, 0.25) is 0 Å². The second-order valence-corrected chi connectivity index (χ2v) is 5.09. The molecule has 2 aromatic carbocycles. The zero-order valence-electron chi connectivity index (χ0n) is 12.5. The van der Waals surface area contributed by atoms with Crippen molar-refractivity contribution in [1.29, 1.82) is 0 Å². The van der Waals surface area contributed by atoms with Crippen LogP contribution >= 0.6 is 0 Å². The number of hydrogen-bond acceptors (Lipinski definition) is 3. The Balaban J connectivity index is 1.79. The molecule has 4 heteroatoms. The third-order valence-electron chi connectivity index (χ3n) is 3.53. The maximum absolute atomic E-state index is 6.09. The summed E-state index contributed by atoms with van der Waals surface area (Å²) < 4.78 is 6.09. The highest BCUT2D eigenvalue weighted by Crippen LogP contribution is 2.24. The van der Waals surface area contributed by atoms with Crippen LogP contribution in [0.5, 0.6) is 5.75 Å². The first kappa shape index (κ1) is 14.4. The number of benzene rings is 2. The average Bonchev–Trinajstić information content (AvgIpc) is 3.10. The summed E-state index contributed by atoms with van der Waals surface area (Å²) in [7, 11) is 1.93. The molecule has 112 valence electrons. The highest BCUT2D eigenvalue weighted by Gasteiger charge is 2.13. The number of nitrogens with zero attached hydrogens (tertiary/aromatic N) is 1. The Hall–Kier alpha value is -2.59. The maximum atomic E-state index is 6.09. The van der Waals surface area contributed by atoms with Crippen molar-refractivity contribution in [3.05, 3.63) is 72.6 Å². The van der Waals surface area contributed by atoms with Gasteiger partial charge in [-0.25, -0.2) is 0 Å². The van der Waals surface area contributed by atoms with Gasteiger partial charge in [-0.05, 0) is 30.3 Å². The Bertz CT molecular complexity index is 678. The van der Waals surface area contributed by atoms with E-state index in [4.69, 9.17) is 4.74 Å². The lowest BCUT2D eigenvalue weighted by Gasteiger charge is -2.19. The zero-order chi connectivity index (χ0) is 15.2. The summed E-state index contributed by atoms with van der Waals surface area (Å²) in [6.45, 7) is 0.750. The maximum Gasteiger partial charge on any atom is 0.136 e. The molecule has 1 heterocycles. The number of hydrogen-bond donors (Lipinski definition) is 2. The van der Waals surface area contributed by atoms with E-state index in [0.717, 1.165) is 29.0 Å². The minimum absolute atomic E-state index is 0.0224. The molecule has 3 rings (SSSR count). The van der Waals surface area contributed by atoms with Gasteiger partial charge in [-0.3, -0.25) is 5.10 Å². The fraction of sp³-hybridized carbons (Fsp3) is 0.167. The van der Waals surface area contributed by atoms with E-state index in [2.05, 4.69) is 39.8 Å². The second-order valence-electron chi connectivity index (χ2n) is 5.09. The Morgan fingerprint density at radius 3 is 2.45 bits per heavy atom. The highest BCUT2D eigenvalue weighted by molar-refractivity contribution is 5.61. The summed E-state index contributed by atoms with van der Waals surface area (Å²) in [5, 5.41) is 10.0. The molecule has 3 aromatic rings. The number of rotatable bonds is 6. The summed E-state index contributed by atoms with van der Waals surface area (Å²) in [4.78, 5) is 0. The van der Waals surface area contributed by atoms with E-state index < -0.39 is 0 Å². The van der Waals surface area contributed by atoms with Crippen molar-refractivity contribution in [2.75, 3.05) is 13.6 Å². The van der Waals surface area contributed by atoms with Gasteiger partial charge in [0.25, 0.3) is 0 Å². The van der Waals surface area contributed by atoms with Gasteiger partial charge in [0, 0.05) is 18.3 Å². The molecule has 1 aromatic heterocycles. The van der Waals surface area contributed by atoms with Crippen molar-refractivity contribution < 1.29 is 4.74 Å². The topological polar surface area (TPSA) is 49.9 Å². The summed E-state index contributed by atoms with van der Waals surface area (Å²) in [6.07, 6.45) is 3.69. The quantitative estimate of drug-likeness (QED) is 0.732. The third-order valence-corrected chi connectivity index (χ3v) is 3.53. The largest absolute Gasteiger partial charge is 0.484 e. The Morgan fingerprint density at radius 2 is 1.82 bits per heavy atom. The van der Waals surface area contributed by atoms with Crippen LogP contribution < -0.4 is 10.1 Å². The third kappa shape index (κ3) is 3.35. The summed E-state index contributed by atoms with van der Waals surface area (Å²) >= 11 is 0. The van der Waals surface area contributed by atoms with Crippen molar-refractivity contribution in [3.63, 3.8) is 0 Å². The van der Waals surface area contributed by atoms with Crippen molar-refractivity contribution in [3.8, 4) is 16.9 Å². The van der Waals surface area contributed by atoms with E-state index in [-0.39, 0.29) is 6.10 Å². The minimum atomic E-state index is -0.0224. The monoisotopic (exact) mass is 293 g/mol. The van der Waals surface area contributed by atoms with Crippen LogP contribution in [0.3, 0.4) is 0 Å². The smallest absolute Gasteiger partial charge is 0.136 e. The highest BCUT2D eigenvalue weighted by atomic mass is 16.5. The number of ether oxygens (including phenoxy) is 1. The van der Waals surface area contributed by atoms with Crippen LogP contribution in [0.1, 0.15) is 11.7 Å². The standard InChI is InChI=1S/C18H19N3O/c1-19-13-18(22-17-5-3-2-4-6-17)15-9-7-14(8-10-15)16-11-20-21-12-16/h2-12,18-19H,13H2,1H3,(H,20,21). The van der Waals surface area contributed by atoms with Gasteiger partial charge in [-0.15, -0.1) is 0 Å². The lowest BCUT2D eigenvalue weighted by molar-refractivity contribution is 0.205. The fourth-order valence-electron chi connectivity index (χ4n) is 2.38. The predicted molar refractivity (Wildman–Crippen MR) is 87.8 cm³/mol. The van der Waals surface area contributed by atoms with Gasteiger partial charge < -0.3 is 10.1 Å². The summed E-state index contributed by atoms with van der Waals surface area (Å²) in [5.41, 5.74) is 3.37. The van der Waals surface area contributed by atoms with Crippen LogP contribution in [-0.4, -0.2) is 23.8 Å². The van der Waals surface area contributed by atoms with Crippen molar-refractivity contribution in [1.82, 2.24) is 15.5 Å². The van der Waals surface area contributed by atoms with E-state index >= 15 is 0 Å². The SMILES string of the molecule is CNCC(Oc1ccccc1)c1ccc(-c2cn[nH]c2)cc1. The number of nitrogens with one attached hydrogen (secondary N) is 2. The van der Waals surface area contributed by atoms with Crippen molar-refractivity contribution >= 4 is 0 Å². The number of para-hydroxylation sites is 1. The van der Waals surface area contributed by atoms with Gasteiger partial charge >= 0.3 is 0 Å². The lowest BCUT2D eigenvalue weighted by Crippen LogP contribution is -2.21. The first-order valence-electron chi connectivity index (χ1n) is 7.32. The molecule has 0 spiro atoms. The number of aromatic nitrogens is 2. The first-order chi connectivity index (χ1) is 10.9. The fourth-order valence-corrected chi connectivity index (χ4v) is 2.38. The van der Waals surface area contributed by atoms with Crippen molar-refractivity contribution in [2.45, 2.75) is 6.10 Å². The Labute approximate surface area is 130 Å². The molecule has 0 amide bonds. The van der Waals surface area contributed by atoms with Crippen molar-refractivity contribution in [2.24, 2.45) is 0 Å². The predicted octanol–water partition coefficient (Wildman–Crippen LogP) is 3.42. The molecule has 0 fully saturated rings. The van der Waals surface area contributed by atoms with Crippen LogP contribution in [0.15, 0.2) is 67.0 Å². The van der Waals surface area contributed by atoms with E-state index in [1.807, 2.05) is 49.8 Å². The molecule has 1 atom stereocenters. The Morgan fingerprint density at radius 1 is 1.05 bits per heavy atom. The molecule has 0 aliphatic carbocycles. The molecule has 0 saturated heterocycles. The second kappa shape index (κ2) is 6.91. The van der Waals surface area contributed by atoms with Crippen LogP contribution in [0.2, 0.25) is 0 Å². The molecule has 0 aliphatic heterocycles. The van der Waals surface area contributed by atoms with E-state index in [0.29, 0.717) is 0 Å². The molecule has 0 aliphatic rings. The van der Waals surface area contributed by atoms with Gasteiger partial charge in [0.05, 0.1) is 6.20 Å². The summed E-state index contributed by atoms with van der Waals surface area (Å²) in [5.74, 6) is 0.877. The molecule has 4 nitrogen and oxygen atoms in total. The minimum Gasteiger partial charge on any atom is -0.484 e. The average molecular weight is 293 g/mol. The number of aromatic amines is 1. The van der Waals surface area contributed by atoms with Gasteiger partial charge in [-0.1, -0.05) is 42.5 Å². The molecular weight excluding hydrogens is 274 g/mol. The van der Waals surface area contributed by atoms with E-state index in [1.54, 1.807) is 0 Å². The first-order valence-corrected chi connectivity index (χ1v) is 7.32. The molecule has 0 radical (unpaired) electrons. The van der Waals surface area contributed by atoms with Gasteiger partial charge in [-0.2, -0.15) is 5.10 Å². The molecular formula is C18H19N3O. The van der Waals surface area contributed by atoms with Crippen LogP contribution in [0.4, 0.5) is 0 Å². The van der Waals surface area contributed by atoms with Crippen LogP contribution in [0.25, 0.3) is 11.1 Å². The normalized spacial score (nSPS) is 12.0. The number of likely N-dealkylation sites (N-methyl/N-ethyl adjacent to an activating group) is 1. The van der Waals surface area contributed by atoms with Crippen LogP contribution in [-0.2, 0) is 0 Å². The molecule has 0 bridgehead atoms. The van der Waals surface area contributed by atoms with Crippen LogP contribution in [0, 0.1) is 0 Å². The number of H-pyrrole nitrogens is 1. The molecule has 0 saturated carbocycles. The summed E-state index contributed by atoms with van der Waals surface area (Å²) in [6, 6.07) is 18.3. The van der Waals surface area contributed by atoms with Gasteiger partial charge in [0.1, 0.15) is 11.9 Å². The molecule has 2 N–H and O–H groups in total. The van der Waals surface area contributed by atoms with E-state index in [1.165, 1.54) is 0 Å².